The van der Waals surface area contributed by atoms with Crippen LogP contribution >= 0.6 is 11.6 Å². The minimum atomic E-state index is 0.189. The van der Waals surface area contributed by atoms with Crippen LogP contribution in [0.2, 0.25) is 0 Å². The molecule has 0 aliphatic carbocycles. The van der Waals surface area contributed by atoms with Crippen molar-refractivity contribution in [1.29, 1.82) is 0 Å². The van der Waals surface area contributed by atoms with Gasteiger partial charge in [-0.1, -0.05) is 32.6 Å². The monoisotopic (exact) mass is 231 g/mol. The first-order valence-electron chi connectivity index (χ1n) is 6.16. The Morgan fingerprint density at radius 3 is 2.67 bits per heavy atom. The molecular formula is C12H22ClNO. The minimum Gasteiger partial charge on any atom is -0.341 e. The van der Waals surface area contributed by atoms with E-state index in [0.717, 1.165) is 25.9 Å². The Bertz CT molecular complexity index is 196. The van der Waals surface area contributed by atoms with Crippen molar-refractivity contribution in [1.82, 2.24) is 4.90 Å². The van der Waals surface area contributed by atoms with Crippen LogP contribution in [0.1, 0.15) is 51.9 Å². The van der Waals surface area contributed by atoms with Gasteiger partial charge in [0.15, 0.2) is 0 Å². The second-order valence-electron chi connectivity index (χ2n) is 4.39. The molecule has 3 heteroatoms. The molecule has 0 saturated carbocycles. The number of hydrogen-bond acceptors (Lipinski definition) is 1. The summed E-state index contributed by atoms with van der Waals surface area (Å²) < 4.78 is 0. The first-order chi connectivity index (χ1) is 7.24. The number of nitrogens with zero attached hydrogens (tertiary/aromatic N) is 1. The zero-order valence-electron chi connectivity index (χ0n) is 9.67. The van der Waals surface area contributed by atoms with E-state index in [1.807, 2.05) is 4.90 Å². The zero-order chi connectivity index (χ0) is 11.1. The molecule has 0 radical (unpaired) electrons. The Morgan fingerprint density at radius 1 is 1.33 bits per heavy atom. The van der Waals surface area contributed by atoms with E-state index in [-0.39, 0.29) is 5.38 Å². The number of carbonyl (C=O) groups excluding carboxylic acids is 1. The number of amides is 1. The Kier molecular flexibility index (Phi) is 6.07. The molecule has 1 aliphatic heterocycles. The van der Waals surface area contributed by atoms with E-state index in [4.69, 9.17) is 11.6 Å². The zero-order valence-corrected chi connectivity index (χ0v) is 10.4. The van der Waals surface area contributed by atoms with Gasteiger partial charge in [0.2, 0.25) is 5.91 Å². The van der Waals surface area contributed by atoms with Gasteiger partial charge in [-0.2, -0.15) is 0 Å². The number of unbranched alkanes of at least 4 members (excludes halogenated alkanes) is 4. The topological polar surface area (TPSA) is 20.3 Å². The van der Waals surface area contributed by atoms with Crippen molar-refractivity contribution in [2.75, 3.05) is 13.1 Å². The highest BCUT2D eigenvalue weighted by atomic mass is 35.5. The van der Waals surface area contributed by atoms with Gasteiger partial charge in [0, 0.05) is 19.5 Å². The Balaban J connectivity index is 2.03. The molecule has 1 atom stereocenters. The quantitative estimate of drug-likeness (QED) is 0.508. The average Bonchev–Trinajstić information content (AvgIpc) is 2.64. The summed E-state index contributed by atoms with van der Waals surface area (Å²) in [5.74, 6) is 0.301. The van der Waals surface area contributed by atoms with E-state index >= 15 is 0 Å². The summed E-state index contributed by atoms with van der Waals surface area (Å²) >= 11 is 5.96. The molecule has 1 amide bonds. The summed E-state index contributed by atoms with van der Waals surface area (Å²) in [4.78, 5) is 13.6. The Morgan fingerprint density at radius 2 is 2.07 bits per heavy atom. The first kappa shape index (κ1) is 12.8. The van der Waals surface area contributed by atoms with Crippen LogP contribution in [0.15, 0.2) is 0 Å². The molecule has 0 aromatic rings. The molecule has 1 heterocycles. The van der Waals surface area contributed by atoms with Crippen molar-refractivity contribution in [3.63, 3.8) is 0 Å². The van der Waals surface area contributed by atoms with Crippen LogP contribution < -0.4 is 0 Å². The van der Waals surface area contributed by atoms with Crippen LogP contribution in [0.25, 0.3) is 0 Å². The molecule has 1 aliphatic rings. The fourth-order valence-corrected chi connectivity index (χ4v) is 2.25. The highest BCUT2D eigenvalue weighted by Gasteiger charge is 2.23. The van der Waals surface area contributed by atoms with Crippen LogP contribution in [0, 0.1) is 0 Å². The molecule has 0 aromatic heterocycles. The molecule has 0 aromatic carbocycles. The summed E-state index contributed by atoms with van der Waals surface area (Å²) in [6.45, 7) is 3.83. The van der Waals surface area contributed by atoms with Crippen molar-refractivity contribution in [3.05, 3.63) is 0 Å². The molecule has 0 bridgehead atoms. The van der Waals surface area contributed by atoms with E-state index < -0.39 is 0 Å². The van der Waals surface area contributed by atoms with Gasteiger partial charge in [0.1, 0.15) is 0 Å². The highest BCUT2D eigenvalue weighted by molar-refractivity contribution is 6.21. The summed E-state index contributed by atoms with van der Waals surface area (Å²) in [7, 11) is 0. The summed E-state index contributed by atoms with van der Waals surface area (Å²) in [5, 5.41) is 0.189. The molecule has 2 nitrogen and oxygen atoms in total. The van der Waals surface area contributed by atoms with Crippen molar-refractivity contribution in [2.24, 2.45) is 0 Å². The first-order valence-corrected chi connectivity index (χ1v) is 6.59. The summed E-state index contributed by atoms with van der Waals surface area (Å²) in [6, 6.07) is 0. The van der Waals surface area contributed by atoms with E-state index in [0.29, 0.717) is 12.3 Å². The molecular weight excluding hydrogens is 210 g/mol. The van der Waals surface area contributed by atoms with Crippen LogP contribution in [-0.4, -0.2) is 29.3 Å². The van der Waals surface area contributed by atoms with E-state index in [9.17, 15) is 4.79 Å². The van der Waals surface area contributed by atoms with Gasteiger partial charge >= 0.3 is 0 Å². The molecule has 1 saturated heterocycles. The van der Waals surface area contributed by atoms with Crippen molar-refractivity contribution < 1.29 is 4.79 Å². The van der Waals surface area contributed by atoms with E-state index in [2.05, 4.69) is 6.92 Å². The van der Waals surface area contributed by atoms with E-state index in [1.165, 1.54) is 25.7 Å². The fourth-order valence-electron chi connectivity index (χ4n) is 1.98. The van der Waals surface area contributed by atoms with Crippen molar-refractivity contribution in [3.8, 4) is 0 Å². The average molecular weight is 232 g/mol. The standard InChI is InChI=1S/C12H22ClNO/c1-2-3-4-5-6-7-12(15)14-9-8-11(13)10-14/h11H,2-10H2,1H3. The number of hydrogen-bond donors (Lipinski definition) is 0. The lowest BCUT2D eigenvalue weighted by Gasteiger charge is -2.15. The van der Waals surface area contributed by atoms with Gasteiger partial charge < -0.3 is 4.90 Å². The Labute approximate surface area is 98.0 Å². The van der Waals surface area contributed by atoms with Gasteiger partial charge in [-0.05, 0) is 12.8 Å². The van der Waals surface area contributed by atoms with Crippen LogP contribution in [0.3, 0.4) is 0 Å². The molecule has 88 valence electrons. The lowest BCUT2D eigenvalue weighted by atomic mass is 10.1. The third-order valence-corrected chi connectivity index (χ3v) is 3.33. The smallest absolute Gasteiger partial charge is 0.222 e. The summed E-state index contributed by atoms with van der Waals surface area (Å²) in [6.07, 6.45) is 7.73. The van der Waals surface area contributed by atoms with Crippen LogP contribution in [-0.2, 0) is 4.79 Å². The number of alkyl halides is 1. The number of likely N-dealkylation sites (tertiary alicyclic amines) is 1. The Hall–Kier alpha value is -0.240. The largest absolute Gasteiger partial charge is 0.341 e. The molecule has 0 spiro atoms. The summed E-state index contributed by atoms with van der Waals surface area (Å²) in [5.41, 5.74) is 0. The van der Waals surface area contributed by atoms with E-state index in [1.54, 1.807) is 0 Å². The predicted molar refractivity (Wildman–Crippen MR) is 64.2 cm³/mol. The minimum absolute atomic E-state index is 0.189. The normalized spacial score (nSPS) is 20.9. The maximum Gasteiger partial charge on any atom is 0.222 e. The lowest BCUT2D eigenvalue weighted by Crippen LogP contribution is -2.28. The molecule has 1 fully saturated rings. The number of halogens is 1. The molecule has 1 unspecified atom stereocenters. The maximum atomic E-state index is 11.7. The van der Waals surface area contributed by atoms with Gasteiger partial charge in [0.25, 0.3) is 0 Å². The van der Waals surface area contributed by atoms with Crippen molar-refractivity contribution >= 4 is 17.5 Å². The number of carbonyl (C=O) groups is 1. The highest BCUT2D eigenvalue weighted by Crippen LogP contribution is 2.16. The second-order valence-corrected chi connectivity index (χ2v) is 5.01. The maximum absolute atomic E-state index is 11.7. The van der Waals surface area contributed by atoms with Crippen LogP contribution in [0.4, 0.5) is 0 Å². The number of rotatable bonds is 6. The third kappa shape index (κ3) is 4.87. The molecule has 15 heavy (non-hydrogen) atoms. The lowest BCUT2D eigenvalue weighted by molar-refractivity contribution is -0.130. The predicted octanol–water partition coefficient (Wildman–Crippen LogP) is 3.19. The second kappa shape index (κ2) is 7.10. The molecule has 1 rings (SSSR count). The third-order valence-electron chi connectivity index (χ3n) is 2.98. The SMILES string of the molecule is CCCCCCCC(=O)N1CCC(Cl)C1. The van der Waals surface area contributed by atoms with Crippen molar-refractivity contribution in [2.45, 2.75) is 57.2 Å². The van der Waals surface area contributed by atoms with Gasteiger partial charge in [-0.3, -0.25) is 4.79 Å². The van der Waals surface area contributed by atoms with Gasteiger partial charge in [0.05, 0.1) is 5.38 Å². The fraction of sp³-hybridized carbons (Fsp3) is 0.917. The van der Waals surface area contributed by atoms with Gasteiger partial charge in [-0.15, -0.1) is 11.6 Å². The van der Waals surface area contributed by atoms with Crippen LogP contribution in [0.5, 0.6) is 0 Å². The molecule has 0 N–H and O–H groups in total. The van der Waals surface area contributed by atoms with Gasteiger partial charge in [-0.25, -0.2) is 0 Å².